The van der Waals surface area contributed by atoms with Crippen LogP contribution in [0.3, 0.4) is 0 Å². The number of benzene rings is 1. The van der Waals surface area contributed by atoms with E-state index in [1.54, 1.807) is 0 Å². The molecule has 4 heteroatoms. The van der Waals surface area contributed by atoms with Gasteiger partial charge >= 0.3 is 6.09 Å². The number of nitrogens with one attached hydrogen (secondary N) is 1. The molecule has 1 aromatic rings. The second kappa shape index (κ2) is 6.12. The Hall–Kier alpha value is -1.55. The lowest BCUT2D eigenvalue weighted by Crippen LogP contribution is -2.29. The van der Waals surface area contributed by atoms with Gasteiger partial charge in [0.15, 0.2) is 0 Å². The van der Waals surface area contributed by atoms with Gasteiger partial charge in [-0.25, -0.2) is 4.79 Å². The Kier molecular flexibility index (Phi) is 4.79. The number of nitrogens with zero attached hydrogens (tertiary/aromatic N) is 1. The summed E-state index contributed by atoms with van der Waals surface area (Å²) in [5.41, 5.74) is 0.740. The van der Waals surface area contributed by atoms with Gasteiger partial charge in [0, 0.05) is 12.2 Å². The van der Waals surface area contributed by atoms with E-state index in [1.165, 1.54) is 0 Å². The molecule has 0 saturated carbocycles. The van der Waals surface area contributed by atoms with E-state index in [2.05, 4.69) is 5.32 Å². The van der Waals surface area contributed by atoms with Crippen molar-refractivity contribution in [2.45, 2.75) is 13.0 Å². The molecule has 1 amide bonds. The standard InChI is InChI=1S/C12H18N2O2/c1-10(9-14(2)3)16-12(15)13-11-7-5-4-6-8-11/h4-8,10H,9H2,1-3H3,(H,13,15)/t10-/m0/s1. The highest BCUT2D eigenvalue weighted by Crippen LogP contribution is 2.06. The van der Waals surface area contributed by atoms with Gasteiger partial charge in [0.1, 0.15) is 6.10 Å². The molecule has 0 radical (unpaired) electrons. The quantitative estimate of drug-likeness (QED) is 0.849. The lowest BCUT2D eigenvalue weighted by Gasteiger charge is -2.17. The number of hydrogen-bond acceptors (Lipinski definition) is 3. The lowest BCUT2D eigenvalue weighted by molar-refractivity contribution is 0.103. The highest BCUT2D eigenvalue weighted by atomic mass is 16.6. The second-order valence-electron chi connectivity index (χ2n) is 3.97. The van der Waals surface area contributed by atoms with Gasteiger partial charge in [-0.15, -0.1) is 0 Å². The molecule has 0 saturated heterocycles. The third kappa shape index (κ3) is 4.79. The van der Waals surface area contributed by atoms with Crippen molar-refractivity contribution in [3.05, 3.63) is 30.3 Å². The zero-order valence-corrected chi connectivity index (χ0v) is 9.93. The van der Waals surface area contributed by atoms with Crippen molar-refractivity contribution in [3.63, 3.8) is 0 Å². The summed E-state index contributed by atoms with van der Waals surface area (Å²) in [5.74, 6) is 0. The van der Waals surface area contributed by atoms with Crippen LogP contribution in [0.4, 0.5) is 10.5 Å². The van der Waals surface area contributed by atoms with Crippen LogP contribution in [-0.2, 0) is 4.74 Å². The number of likely N-dealkylation sites (N-methyl/N-ethyl adjacent to an activating group) is 1. The van der Waals surface area contributed by atoms with Crippen LogP contribution in [-0.4, -0.2) is 37.7 Å². The third-order valence-electron chi connectivity index (χ3n) is 1.95. The first-order valence-electron chi connectivity index (χ1n) is 5.25. The fourth-order valence-electron chi connectivity index (χ4n) is 1.40. The summed E-state index contributed by atoms with van der Waals surface area (Å²) in [4.78, 5) is 13.4. The number of rotatable bonds is 4. The van der Waals surface area contributed by atoms with Gasteiger partial charge in [0.25, 0.3) is 0 Å². The van der Waals surface area contributed by atoms with Gasteiger partial charge < -0.3 is 9.64 Å². The van der Waals surface area contributed by atoms with E-state index >= 15 is 0 Å². The van der Waals surface area contributed by atoms with Crippen LogP contribution in [0.15, 0.2) is 30.3 Å². The molecule has 0 aromatic heterocycles. The summed E-state index contributed by atoms with van der Waals surface area (Å²) < 4.78 is 5.17. The molecule has 0 spiro atoms. The maximum Gasteiger partial charge on any atom is 0.411 e. The fraction of sp³-hybridized carbons (Fsp3) is 0.417. The van der Waals surface area contributed by atoms with Crippen molar-refractivity contribution < 1.29 is 9.53 Å². The highest BCUT2D eigenvalue weighted by molar-refractivity contribution is 5.84. The first-order valence-corrected chi connectivity index (χ1v) is 5.25. The summed E-state index contributed by atoms with van der Waals surface area (Å²) in [6, 6.07) is 9.25. The number of hydrogen-bond donors (Lipinski definition) is 1. The topological polar surface area (TPSA) is 41.6 Å². The number of carbonyl (C=O) groups is 1. The molecule has 1 rings (SSSR count). The average molecular weight is 222 g/mol. The Balaban J connectivity index is 2.36. The predicted octanol–water partition coefficient (Wildman–Crippen LogP) is 2.19. The Morgan fingerprint density at radius 2 is 2.00 bits per heavy atom. The van der Waals surface area contributed by atoms with E-state index in [0.29, 0.717) is 6.54 Å². The first kappa shape index (κ1) is 12.5. The summed E-state index contributed by atoms with van der Waals surface area (Å²) in [7, 11) is 3.88. The van der Waals surface area contributed by atoms with Gasteiger partial charge in [0.05, 0.1) is 0 Å². The van der Waals surface area contributed by atoms with Crippen LogP contribution in [0.2, 0.25) is 0 Å². The average Bonchev–Trinajstić information content (AvgIpc) is 2.17. The molecule has 1 aromatic carbocycles. The minimum atomic E-state index is -0.416. The van der Waals surface area contributed by atoms with Crippen molar-refractivity contribution in [2.75, 3.05) is 26.0 Å². The highest BCUT2D eigenvalue weighted by Gasteiger charge is 2.09. The molecule has 1 N–H and O–H groups in total. The van der Waals surface area contributed by atoms with Gasteiger partial charge in [-0.1, -0.05) is 18.2 Å². The largest absolute Gasteiger partial charge is 0.445 e. The number of amides is 1. The molecular weight excluding hydrogens is 204 g/mol. The van der Waals surface area contributed by atoms with E-state index in [1.807, 2.05) is 56.3 Å². The Morgan fingerprint density at radius 1 is 1.38 bits per heavy atom. The van der Waals surface area contributed by atoms with Gasteiger partial charge in [0.2, 0.25) is 0 Å². The summed E-state index contributed by atoms with van der Waals surface area (Å²) in [6.45, 7) is 2.58. The molecule has 0 heterocycles. The molecule has 0 aliphatic rings. The number of anilines is 1. The van der Waals surface area contributed by atoms with E-state index in [-0.39, 0.29) is 6.10 Å². The third-order valence-corrected chi connectivity index (χ3v) is 1.95. The second-order valence-corrected chi connectivity index (χ2v) is 3.97. The molecule has 0 aliphatic carbocycles. The van der Waals surface area contributed by atoms with Gasteiger partial charge in [-0.2, -0.15) is 0 Å². The zero-order valence-electron chi connectivity index (χ0n) is 9.93. The van der Waals surface area contributed by atoms with Crippen molar-refractivity contribution in [3.8, 4) is 0 Å². The molecule has 0 aliphatic heterocycles. The van der Waals surface area contributed by atoms with Crippen LogP contribution < -0.4 is 5.32 Å². The molecular formula is C12H18N2O2. The maximum atomic E-state index is 11.5. The lowest BCUT2D eigenvalue weighted by atomic mass is 10.3. The normalized spacial score (nSPS) is 12.2. The van der Waals surface area contributed by atoms with Crippen LogP contribution >= 0.6 is 0 Å². The first-order chi connectivity index (χ1) is 7.58. The molecule has 16 heavy (non-hydrogen) atoms. The van der Waals surface area contributed by atoms with E-state index in [0.717, 1.165) is 5.69 Å². The Labute approximate surface area is 96.2 Å². The van der Waals surface area contributed by atoms with E-state index < -0.39 is 6.09 Å². The Bertz CT molecular complexity index is 325. The minimum Gasteiger partial charge on any atom is -0.445 e. The molecule has 0 bridgehead atoms. The number of para-hydroxylation sites is 1. The van der Waals surface area contributed by atoms with Crippen LogP contribution in [0.25, 0.3) is 0 Å². The molecule has 0 unspecified atom stereocenters. The number of carbonyl (C=O) groups excluding carboxylic acids is 1. The van der Waals surface area contributed by atoms with Crippen molar-refractivity contribution in [1.82, 2.24) is 4.90 Å². The summed E-state index contributed by atoms with van der Waals surface area (Å²) in [5, 5.41) is 2.67. The number of ether oxygens (including phenoxy) is 1. The van der Waals surface area contributed by atoms with Crippen LogP contribution in [0.1, 0.15) is 6.92 Å². The van der Waals surface area contributed by atoms with Crippen LogP contribution in [0.5, 0.6) is 0 Å². The van der Waals surface area contributed by atoms with E-state index in [4.69, 9.17) is 4.74 Å². The van der Waals surface area contributed by atoms with Gasteiger partial charge in [-0.3, -0.25) is 5.32 Å². The Morgan fingerprint density at radius 3 is 2.56 bits per heavy atom. The molecule has 0 fully saturated rings. The SMILES string of the molecule is C[C@@H](CN(C)C)OC(=O)Nc1ccccc1. The predicted molar refractivity (Wildman–Crippen MR) is 64.6 cm³/mol. The molecule has 88 valence electrons. The van der Waals surface area contributed by atoms with Crippen molar-refractivity contribution >= 4 is 11.8 Å². The minimum absolute atomic E-state index is 0.126. The van der Waals surface area contributed by atoms with Crippen molar-refractivity contribution in [1.29, 1.82) is 0 Å². The van der Waals surface area contributed by atoms with Gasteiger partial charge in [-0.05, 0) is 33.2 Å². The molecule has 4 nitrogen and oxygen atoms in total. The smallest absolute Gasteiger partial charge is 0.411 e. The fourth-order valence-corrected chi connectivity index (χ4v) is 1.40. The monoisotopic (exact) mass is 222 g/mol. The molecule has 1 atom stereocenters. The van der Waals surface area contributed by atoms with Crippen molar-refractivity contribution in [2.24, 2.45) is 0 Å². The zero-order chi connectivity index (χ0) is 12.0. The van der Waals surface area contributed by atoms with E-state index in [9.17, 15) is 4.79 Å². The maximum absolute atomic E-state index is 11.5. The summed E-state index contributed by atoms with van der Waals surface area (Å²) in [6.07, 6.45) is -0.542. The van der Waals surface area contributed by atoms with Crippen LogP contribution in [0, 0.1) is 0 Å². The summed E-state index contributed by atoms with van der Waals surface area (Å²) >= 11 is 0.